The molecule has 0 bridgehead atoms. The Hall–Kier alpha value is -0.420. The van der Waals surface area contributed by atoms with Gasteiger partial charge in [0, 0.05) is 17.4 Å². The van der Waals surface area contributed by atoms with E-state index >= 15 is 0 Å². The average Bonchev–Trinajstić information content (AvgIpc) is 2.20. The minimum Gasteiger partial charge on any atom is -0.198 e. The minimum atomic E-state index is 0.643. The molecular weight excluding hydrogens is 202 g/mol. The molecule has 15 heavy (non-hydrogen) atoms. The smallest absolute Gasteiger partial charge is 0.0630 e. The molecule has 1 rings (SSSR count). The van der Waals surface area contributed by atoms with Crippen molar-refractivity contribution in [2.24, 2.45) is 11.8 Å². The molecule has 2 unspecified atom stereocenters. The van der Waals surface area contributed by atoms with Gasteiger partial charge in [0.2, 0.25) is 0 Å². The van der Waals surface area contributed by atoms with E-state index < -0.39 is 0 Å². The monoisotopic (exact) mass is 223 g/mol. The molecule has 0 saturated heterocycles. The van der Waals surface area contributed by atoms with Crippen LogP contribution in [-0.4, -0.2) is 11.0 Å². The standard InChI is InChI=1S/C13H21NS/c1-10(2)12-6-5-11(3)13(9-12)15-8-4-7-14/h9-11,13H,4-6,8H2,1-3H3. The van der Waals surface area contributed by atoms with E-state index in [2.05, 4.69) is 32.9 Å². The van der Waals surface area contributed by atoms with Crippen LogP contribution in [0.5, 0.6) is 0 Å². The first kappa shape index (κ1) is 12.6. The molecule has 84 valence electrons. The van der Waals surface area contributed by atoms with Crippen molar-refractivity contribution in [2.75, 3.05) is 5.75 Å². The molecule has 1 nitrogen and oxygen atoms in total. The van der Waals surface area contributed by atoms with E-state index in [-0.39, 0.29) is 0 Å². The van der Waals surface area contributed by atoms with Gasteiger partial charge in [-0.25, -0.2) is 0 Å². The SMILES string of the molecule is CC(C)C1=CC(SCCC#N)C(C)CC1. The molecule has 2 heteroatoms. The Morgan fingerprint density at radius 3 is 2.93 bits per heavy atom. The molecular formula is C13H21NS. The van der Waals surface area contributed by atoms with E-state index in [0.717, 1.165) is 11.7 Å². The van der Waals surface area contributed by atoms with E-state index in [1.807, 2.05) is 11.8 Å². The Bertz CT molecular complexity index is 262. The fourth-order valence-electron chi connectivity index (χ4n) is 1.95. The maximum absolute atomic E-state index is 8.52. The lowest BCUT2D eigenvalue weighted by Crippen LogP contribution is -2.19. The summed E-state index contributed by atoms with van der Waals surface area (Å²) in [6.45, 7) is 6.88. The van der Waals surface area contributed by atoms with Gasteiger partial charge in [0.15, 0.2) is 0 Å². The molecule has 0 aromatic heterocycles. The van der Waals surface area contributed by atoms with Crippen molar-refractivity contribution in [3.8, 4) is 6.07 Å². The number of nitrogens with zero attached hydrogens (tertiary/aromatic N) is 1. The van der Waals surface area contributed by atoms with Crippen molar-refractivity contribution in [3.05, 3.63) is 11.6 Å². The molecule has 0 aromatic carbocycles. The third kappa shape index (κ3) is 3.91. The summed E-state index contributed by atoms with van der Waals surface area (Å²) in [5, 5.41) is 9.17. The highest BCUT2D eigenvalue weighted by Gasteiger charge is 2.22. The van der Waals surface area contributed by atoms with E-state index in [0.29, 0.717) is 17.6 Å². The summed E-state index contributed by atoms with van der Waals surface area (Å²) in [5.74, 6) is 2.45. The highest BCUT2D eigenvalue weighted by molar-refractivity contribution is 8.00. The lowest BCUT2D eigenvalue weighted by molar-refractivity contribution is 0.499. The van der Waals surface area contributed by atoms with Crippen LogP contribution in [0.25, 0.3) is 0 Å². The van der Waals surface area contributed by atoms with E-state index in [1.54, 1.807) is 5.57 Å². The van der Waals surface area contributed by atoms with Gasteiger partial charge in [-0.1, -0.05) is 32.4 Å². The number of allylic oxidation sites excluding steroid dienone is 1. The van der Waals surface area contributed by atoms with Gasteiger partial charge in [0.25, 0.3) is 0 Å². The molecule has 0 amide bonds. The zero-order valence-electron chi connectivity index (χ0n) is 9.99. The third-order valence-electron chi connectivity index (χ3n) is 3.09. The number of hydrogen-bond acceptors (Lipinski definition) is 2. The number of nitriles is 1. The molecule has 0 spiro atoms. The summed E-state index contributed by atoms with van der Waals surface area (Å²) >= 11 is 1.95. The van der Waals surface area contributed by atoms with Gasteiger partial charge in [-0.3, -0.25) is 0 Å². The maximum atomic E-state index is 8.52. The zero-order valence-corrected chi connectivity index (χ0v) is 10.8. The van der Waals surface area contributed by atoms with Crippen molar-refractivity contribution < 1.29 is 0 Å². The Morgan fingerprint density at radius 2 is 2.33 bits per heavy atom. The molecule has 0 aromatic rings. The van der Waals surface area contributed by atoms with E-state index in [4.69, 9.17) is 5.26 Å². The van der Waals surface area contributed by atoms with Gasteiger partial charge in [-0.2, -0.15) is 17.0 Å². The summed E-state index contributed by atoms with van der Waals surface area (Å²) in [6, 6.07) is 2.21. The van der Waals surface area contributed by atoms with Gasteiger partial charge in [0.1, 0.15) is 0 Å². The summed E-state index contributed by atoms with van der Waals surface area (Å²) in [5.41, 5.74) is 1.61. The molecule has 0 radical (unpaired) electrons. The second kappa shape index (κ2) is 6.23. The van der Waals surface area contributed by atoms with Crippen LogP contribution in [0.1, 0.15) is 40.0 Å². The fraction of sp³-hybridized carbons (Fsp3) is 0.769. The lowest BCUT2D eigenvalue weighted by Gasteiger charge is -2.28. The van der Waals surface area contributed by atoms with Crippen LogP contribution in [0.2, 0.25) is 0 Å². The Kier molecular flexibility index (Phi) is 5.25. The van der Waals surface area contributed by atoms with Crippen LogP contribution in [0.3, 0.4) is 0 Å². The van der Waals surface area contributed by atoms with Gasteiger partial charge in [0.05, 0.1) is 6.07 Å². The van der Waals surface area contributed by atoms with Crippen LogP contribution < -0.4 is 0 Å². The second-order valence-corrected chi connectivity index (χ2v) is 5.94. The van der Waals surface area contributed by atoms with Crippen molar-refractivity contribution >= 4 is 11.8 Å². The molecule has 2 atom stereocenters. The van der Waals surface area contributed by atoms with Crippen LogP contribution in [0, 0.1) is 23.2 Å². The molecule has 0 heterocycles. The molecule has 1 aliphatic carbocycles. The first-order valence-electron chi connectivity index (χ1n) is 5.84. The van der Waals surface area contributed by atoms with Gasteiger partial charge in [-0.15, -0.1) is 0 Å². The molecule has 0 fully saturated rings. The van der Waals surface area contributed by atoms with Crippen LogP contribution in [0.15, 0.2) is 11.6 Å². The predicted molar refractivity (Wildman–Crippen MR) is 67.8 cm³/mol. The summed E-state index contributed by atoms with van der Waals surface area (Å²) in [6.07, 6.45) is 5.72. The highest BCUT2D eigenvalue weighted by Crippen LogP contribution is 2.34. The zero-order chi connectivity index (χ0) is 11.3. The molecule has 1 aliphatic rings. The summed E-state index contributed by atoms with van der Waals surface area (Å²) in [4.78, 5) is 0. The fourth-order valence-corrected chi connectivity index (χ4v) is 3.17. The topological polar surface area (TPSA) is 23.8 Å². The first-order valence-corrected chi connectivity index (χ1v) is 6.89. The van der Waals surface area contributed by atoms with Crippen molar-refractivity contribution in [3.63, 3.8) is 0 Å². The molecule has 0 N–H and O–H groups in total. The van der Waals surface area contributed by atoms with E-state index in [1.165, 1.54) is 12.8 Å². The normalized spacial score (nSPS) is 26.2. The van der Waals surface area contributed by atoms with Gasteiger partial charge < -0.3 is 0 Å². The first-order chi connectivity index (χ1) is 7.15. The number of thioether (sulfide) groups is 1. The van der Waals surface area contributed by atoms with Crippen LogP contribution in [-0.2, 0) is 0 Å². The average molecular weight is 223 g/mol. The largest absolute Gasteiger partial charge is 0.198 e. The Morgan fingerprint density at radius 1 is 1.60 bits per heavy atom. The minimum absolute atomic E-state index is 0.643. The van der Waals surface area contributed by atoms with Crippen molar-refractivity contribution in [2.45, 2.75) is 45.3 Å². The highest BCUT2D eigenvalue weighted by atomic mass is 32.2. The number of rotatable bonds is 4. The summed E-state index contributed by atoms with van der Waals surface area (Å²) in [7, 11) is 0. The van der Waals surface area contributed by atoms with Gasteiger partial charge >= 0.3 is 0 Å². The molecule has 0 saturated carbocycles. The summed E-state index contributed by atoms with van der Waals surface area (Å²) < 4.78 is 0. The van der Waals surface area contributed by atoms with Crippen molar-refractivity contribution in [1.29, 1.82) is 5.26 Å². The van der Waals surface area contributed by atoms with Crippen molar-refractivity contribution in [1.82, 2.24) is 0 Å². The quantitative estimate of drug-likeness (QED) is 0.531. The molecule has 0 aliphatic heterocycles. The van der Waals surface area contributed by atoms with Gasteiger partial charge in [-0.05, 0) is 24.7 Å². The van der Waals surface area contributed by atoms with Crippen LogP contribution in [0.4, 0.5) is 0 Å². The number of hydrogen-bond donors (Lipinski definition) is 0. The third-order valence-corrected chi connectivity index (χ3v) is 4.52. The van der Waals surface area contributed by atoms with Crippen LogP contribution >= 0.6 is 11.8 Å². The second-order valence-electron chi connectivity index (χ2n) is 4.66. The Labute approximate surface area is 97.9 Å². The predicted octanol–water partition coefficient (Wildman–Crippen LogP) is 4.01. The maximum Gasteiger partial charge on any atom is 0.0630 e. The Balaban J connectivity index is 2.52. The lowest BCUT2D eigenvalue weighted by atomic mass is 9.86. The van der Waals surface area contributed by atoms with E-state index in [9.17, 15) is 0 Å².